The Morgan fingerprint density at radius 2 is 1.79 bits per heavy atom. The van der Waals surface area contributed by atoms with Gasteiger partial charge < -0.3 is 9.80 Å². The smallest absolute Gasteiger partial charge is 0.280 e. The molecule has 0 radical (unpaired) electrons. The van der Waals surface area contributed by atoms with E-state index < -0.39 is 0 Å². The van der Waals surface area contributed by atoms with Crippen molar-refractivity contribution < 1.29 is 4.79 Å². The van der Waals surface area contributed by atoms with Gasteiger partial charge in [0.25, 0.3) is 11.5 Å². The van der Waals surface area contributed by atoms with Crippen molar-refractivity contribution >= 4 is 28.4 Å². The van der Waals surface area contributed by atoms with Crippen LogP contribution in [-0.2, 0) is 0 Å². The fourth-order valence-corrected chi connectivity index (χ4v) is 4.42. The number of hydrogen-bond acceptors (Lipinski definition) is 4. The van der Waals surface area contributed by atoms with Crippen molar-refractivity contribution in [3.63, 3.8) is 0 Å². The van der Waals surface area contributed by atoms with Crippen LogP contribution >= 0.6 is 11.6 Å². The summed E-state index contributed by atoms with van der Waals surface area (Å²) < 4.78 is 1.49. The van der Waals surface area contributed by atoms with Gasteiger partial charge in [0.15, 0.2) is 0 Å². The molecule has 1 aliphatic rings. The van der Waals surface area contributed by atoms with Gasteiger partial charge >= 0.3 is 0 Å². The van der Waals surface area contributed by atoms with Gasteiger partial charge in [0.05, 0.1) is 16.6 Å². The SMILES string of the molecule is Cc1ncc2c(=O)n(-c3ccc(Cl)cc3)[nH]c2c1-c1cccc(C(=O)N2CCN(C)CC2)c1. The molecular formula is C25H24ClN5O2. The highest BCUT2D eigenvalue weighted by Crippen LogP contribution is 2.30. The molecule has 0 saturated carbocycles. The highest BCUT2D eigenvalue weighted by Gasteiger charge is 2.22. The van der Waals surface area contributed by atoms with Gasteiger partial charge in [0.2, 0.25) is 0 Å². The lowest BCUT2D eigenvalue weighted by molar-refractivity contribution is 0.0664. The maximum atomic E-state index is 13.1. The Bertz CT molecular complexity index is 1400. The van der Waals surface area contributed by atoms with Crippen LogP contribution in [-0.4, -0.2) is 63.7 Å². The average molecular weight is 462 g/mol. The van der Waals surface area contributed by atoms with E-state index in [0.717, 1.165) is 29.9 Å². The molecule has 1 N–H and O–H groups in total. The number of likely N-dealkylation sites (N-methyl/N-ethyl adjacent to an activating group) is 1. The maximum Gasteiger partial charge on any atom is 0.280 e. The van der Waals surface area contributed by atoms with E-state index in [0.29, 0.717) is 40.3 Å². The second kappa shape index (κ2) is 8.50. The van der Waals surface area contributed by atoms with Crippen LogP contribution in [0, 0.1) is 6.92 Å². The number of H-pyrrole nitrogens is 1. The van der Waals surface area contributed by atoms with Gasteiger partial charge in [-0.3, -0.25) is 19.7 Å². The quantitative estimate of drug-likeness (QED) is 0.504. The number of halogens is 1. The number of aryl methyl sites for hydroxylation is 1. The van der Waals surface area contributed by atoms with E-state index >= 15 is 0 Å². The van der Waals surface area contributed by atoms with Crippen LogP contribution in [0.25, 0.3) is 27.7 Å². The van der Waals surface area contributed by atoms with Crippen molar-refractivity contribution in [2.45, 2.75) is 6.92 Å². The number of piperazine rings is 1. The topological polar surface area (TPSA) is 74.2 Å². The largest absolute Gasteiger partial charge is 0.336 e. The summed E-state index contributed by atoms with van der Waals surface area (Å²) in [6, 6.07) is 14.6. The molecule has 0 spiro atoms. The number of aromatic nitrogens is 3. The second-order valence-electron chi connectivity index (χ2n) is 8.41. The summed E-state index contributed by atoms with van der Waals surface area (Å²) in [5.74, 6) is 0.0231. The lowest BCUT2D eigenvalue weighted by Crippen LogP contribution is -2.47. The molecule has 0 unspecified atom stereocenters. The van der Waals surface area contributed by atoms with E-state index in [-0.39, 0.29) is 11.5 Å². The third kappa shape index (κ3) is 3.94. The number of aromatic amines is 1. The van der Waals surface area contributed by atoms with Crippen molar-refractivity contribution in [1.82, 2.24) is 24.6 Å². The molecule has 2 aromatic carbocycles. The molecule has 1 aliphatic heterocycles. The number of hydrogen-bond donors (Lipinski definition) is 1. The number of pyridine rings is 1. The molecule has 0 atom stereocenters. The second-order valence-corrected chi connectivity index (χ2v) is 8.85. The first-order valence-corrected chi connectivity index (χ1v) is 11.2. The molecule has 1 saturated heterocycles. The van der Waals surface area contributed by atoms with E-state index in [1.807, 2.05) is 36.1 Å². The molecule has 1 fully saturated rings. The minimum absolute atomic E-state index is 0.0231. The van der Waals surface area contributed by atoms with Gasteiger partial charge in [-0.2, -0.15) is 0 Å². The summed E-state index contributed by atoms with van der Waals surface area (Å²) in [4.78, 5) is 34.8. The predicted octanol–water partition coefficient (Wildman–Crippen LogP) is 3.73. The van der Waals surface area contributed by atoms with Gasteiger partial charge in [0, 0.05) is 54.2 Å². The Hall–Kier alpha value is -3.42. The Morgan fingerprint density at radius 1 is 1.06 bits per heavy atom. The number of fused-ring (bicyclic) bond motifs is 1. The van der Waals surface area contributed by atoms with E-state index in [4.69, 9.17) is 11.6 Å². The molecular weight excluding hydrogens is 438 g/mol. The summed E-state index contributed by atoms with van der Waals surface area (Å²) in [6.45, 7) is 5.07. The van der Waals surface area contributed by atoms with Crippen LogP contribution < -0.4 is 5.56 Å². The molecule has 0 bridgehead atoms. The fourth-order valence-electron chi connectivity index (χ4n) is 4.29. The van der Waals surface area contributed by atoms with E-state index in [9.17, 15) is 9.59 Å². The molecule has 8 heteroatoms. The fraction of sp³-hybridized carbons (Fsp3) is 0.240. The van der Waals surface area contributed by atoms with Crippen LogP contribution in [0.4, 0.5) is 0 Å². The maximum absolute atomic E-state index is 13.1. The minimum Gasteiger partial charge on any atom is -0.336 e. The van der Waals surface area contributed by atoms with Gasteiger partial charge in [-0.05, 0) is 55.9 Å². The first-order valence-electron chi connectivity index (χ1n) is 10.9. The van der Waals surface area contributed by atoms with Crippen LogP contribution in [0.3, 0.4) is 0 Å². The van der Waals surface area contributed by atoms with E-state index in [2.05, 4.69) is 22.0 Å². The molecule has 7 nitrogen and oxygen atoms in total. The van der Waals surface area contributed by atoms with E-state index in [1.165, 1.54) is 4.68 Å². The van der Waals surface area contributed by atoms with E-state index in [1.54, 1.807) is 30.5 Å². The molecule has 33 heavy (non-hydrogen) atoms. The number of benzene rings is 2. The highest BCUT2D eigenvalue weighted by atomic mass is 35.5. The van der Waals surface area contributed by atoms with Crippen LogP contribution in [0.15, 0.2) is 59.5 Å². The zero-order valence-corrected chi connectivity index (χ0v) is 19.3. The summed E-state index contributed by atoms with van der Waals surface area (Å²) in [7, 11) is 2.07. The van der Waals surface area contributed by atoms with Gasteiger partial charge in [-0.25, -0.2) is 4.68 Å². The molecule has 5 rings (SSSR count). The Kier molecular flexibility index (Phi) is 5.52. The summed E-state index contributed by atoms with van der Waals surface area (Å²) in [5, 5.41) is 4.33. The summed E-state index contributed by atoms with van der Waals surface area (Å²) in [5.41, 5.74) is 4.24. The Morgan fingerprint density at radius 3 is 2.52 bits per heavy atom. The first kappa shape index (κ1) is 21.4. The van der Waals surface area contributed by atoms with Crippen molar-refractivity contribution in [2.24, 2.45) is 0 Å². The van der Waals surface area contributed by atoms with Crippen molar-refractivity contribution in [3.8, 4) is 16.8 Å². The Labute approximate surface area is 196 Å². The number of nitrogens with one attached hydrogen (secondary N) is 1. The molecule has 168 valence electrons. The zero-order valence-electron chi connectivity index (χ0n) is 18.5. The van der Waals surface area contributed by atoms with Gasteiger partial charge in [0.1, 0.15) is 0 Å². The van der Waals surface area contributed by atoms with Crippen molar-refractivity contribution in [2.75, 3.05) is 33.2 Å². The first-order chi connectivity index (χ1) is 15.9. The number of amides is 1. The monoisotopic (exact) mass is 461 g/mol. The standard InChI is InChI=1S/C25H24ClN5O2/c1-16-22(17-4-3-5-18(14-17)24(32)30-12-10-29(2)11-13-30)23-21(15-27-16)25(33)31(28-23)20-8-6-19(26)7-9-20/h3-9,14-15,28H,10-13H2,1-2H3. The van der Waals surface area contributed by atoms with Crippen LogP contribution in [0.5, 0.6) is 0 Å². The van der Waals surface area contributed by atoms with Crippen LogP contribution in [0.1, 0.15) is 16.1 Å². The third-order valence-corrected chi connectivity index (χ3v) is 6.45. The normalized spacial score (nSPS) is 14.7. The zero-order chi connectivity index (χ0) is 23.1. The number of carbonyl (C=O) groups excluding carboxylic acids is 1. The minimum atomic E-state index is -0.189. The highest BCUT2D eigenvalue weighted by molar-refractivity contribution is 6.30. The van der Waals surface area contributed by atoms with Crippen LogP contribution in [0.2, 0.25) is 5.02 Å². The predicted molar refractivity (Wildman–Crippen MR) is 130 cm³/mol. The lowest BCUT2D eigenvalue weighted by atomic mass is 9.99. The number of rotatable bonds is 3. The van der Waals surface area contributed by atoms with Crippen molar-refractivity contribution in [1.29, 1.82) is 0 Å². The summed E-state index contributed by atoms with van der Waals surface area (Å²) in [6.07, 6.45) is 1.60. The number of nitrogens with zero attached hydrogens (tertiary/aromatic N) is 4. The Balaban J connectivity index is 1.59. The lowest BCUT2D eigenvalue weighted by Gasteiger charge is -2.32. The molecule has 1 amide bonds. The van der Waals surface area contributed by atoms with Crippen molar-refractivity contribution in [3.05, 3.63) is 81.4 Å². The van der Waals surface area contributed by atoms with Gasteiger partial charge in [-0.15, -0.1) is 0 Å². The summed E-state index contributed by atoms with van der Waals surface area (Å²) >= 11 is 6.01. The molecule has 0 aliphatic carbocycles. The molecule has 3 heterocycles. The third-order valence-electron chi connectivity index (χ3n) is 6.20. The molecule has 4 aromatic rings. The average Bonchev–Trinajstić information content (AvgIpc) is 3.16. The van der Waals surface area contributed by atoms with Gasteiger partial charge in [-0.1, -0.05) is 23.7 Å². The molecule has 2 aromatic heterocycles. The number of carbonyl (C=O) groups is 1.